The van der Waals surface area contributed by atoms with Crippen LogP contribution in [0.25, 0.3) is 11.3 Å². The highest BCUT2D eigenvalue weighted by atomic mass is 32.3. The Morgan fingerprint density at radius 3 is 2.47 bits per heavy atom. The molecular weight excluding hydrogens is 243 g/mol. The van der Waals surface area contributed by atoms with E-state index >= 15 is 0 Å². The molecule has 1 heterocycles. The van der Waals surface area contributed by atoms with Crippen LogP contribution in [0, 0.1) is 0 Å². The number of halogens is 1. The van der Waals surface area contributed by atoms with Gasteiger partial charge in [-0.15, -0.1) is 0 Å². The number of aromatic nitrogens is 1. The molecule has 88 valence electrons. The third-order valence-corrected chi connectivity index (χ3v) is 2.88. The lowest BCUT2D eigenvalue weighted by atomic mass is 10.1. The Kier molecular flexibility index (Phi) is 2.81. The fourth-order valence-electron chi connectivity index (χ4n) is 1.41. The van der Waals surface area contributed by atoms with Crippen LogP contribution in [0.15, 0.2) is 47.5 Å². The number of hydrogen-bond donors (Lipinski definition) is 1. The summed E-state index contributed by atoms with van der Waals surface area (Å²) in [5.41, 5.74) is 7.12. The summed E-state index contributed by atoms with van der Waals surface area (Å²) in [6, 6.07) is 10.9. The molecule has 4 nitrogen and oxygen atoms in total. The predicted molar refractivity (Wildman–Crippen MR) is 62.4 cm³/mol. The minimum absolute atomic E-state index is 0.357. The minimum Gasteiger partial charge on any atom is -0.399 e. The molecule has 0 amide bonds. The predicted octanol–water partition coefficient (Wildman–Crippen LogP) is 1.99. The van der Waals surface area contributed by atoms with Crippen LogP contribution < -0.4 is 5.73 Å². The molecule has 2 N–H and O–H groups in total. The van der Waals surface area contributed by atoms with E-state index in [1.54, 1.807) is 30.3 Å². The van der Waals surface area contributed by atoms with Crippen molar-refractivity contribution in [2.24, 2.45) is 0 Å². The summed E-state index contributed by atoms with van der Waals surface area (Å²) in [5.74, 6) is 0. The summed E-state index contributed by atoms with van der Waals surface area (Å²) < 4.78 is 34.2. The quantitative estimate of drug-likeness (QED) is 0.655. The van der Waals surface area contributed by atoms with Gasteiger partial charge < -0.3 is 5.73 Å². The van der Waals surface area contributed by atoms with Gasteiger partial charge in [-0.25, -0.2) is 4.98 Å². The summed E-state index contributed by atoms with van der Waals surface area (Å²) >= 11 is 0. The molecule has 0 radical (unpaired) electrons. The maximum atomic E-state index is 12.8. The lowest BCUT2D eigenvalue weighted by Gasteiger charge is -2.03. The van der Waals surface area contributed by atoms with Crippen LogP contribution in [0.4, 0.5) is 9.57 Å². The van der Waals surface area contributed by atoms with Crippen molar-refractivity contribution in [3.05, 3.63) is 42.5 Å². The van der Waals surface area contributed by atoms with Crippen molar-refractivity contribution in [2.45, 2.75) is 5.03 Å². The summed E-state index contributed by atoms with van der Waals surface area (Å²) in [6.07, 6.45) is 0. The van der Waals surface area contributed by atoms with Crippen molar-refractivity contribution in [1.29, 1.82) is 0 Å². The van der Waals surface area contributed by atoms with Gasteiger partial charge in [0, 0.05) is 11.3 Å². The zero-order valence-corrected chi connectivity index (χ0v) is 9.49. The lowest BCUT2D eigenvalue weighted by molar-refractivity contribution is 0.548. The van der Waals surface area contributed by atoms with E-state index in [0.29, 0.717) is 16.9 Å². The second kappa shape index (κ2) is 4.14. The molecule has 17 heavy (non-hydrogen) atoms. The number of nitrogens with two attached hydrogens (primary N) is 1. The molecule has 0 aliphatic carbocycles. The van der Waals surface area contributed by atoms with Gasteiger partial charge in [-0.05, 0) is 24.3 Å². The highest BCUT2D eigenvalue weighted by Gasteiger charge is 2.14. The molecule has 0 saturated heterocycles. The largest absolute Gasteiger partial charge is 0.399 e. The third kappa shape index (κ3) is 2.59. The summed E-state index contributed by atoms with van der Waals surface area (Å²) in [7, 11) is -4.79. The Hall–Kier alpha value is -1.95. The molecule has 0 unspecified atom stereocenters. The molecule has 0 aliphatic rings. The number of hydrogen-bond acceptors (Lipinski definition) is 4. The molecule has 0 aliphatic heterocycles. The van der Waals surface area contributed by atoms with E-state index in [2.05, 4.69) is 4.98 Å². The van der Waals surface area contributed by atoms with Gasteiger partial charge in [-0.1, -0.05) is 22.1 Å². The van der Waals surface area contributed by atoms with Crippen LogP contribution in [-0.2, 0) is 10.2 Å². The van der Waals surface area contributed by atoms with Crippen LogP contribution in [0.1, 0.15) is 0 Å². The maximum absolute atomic E-state index is 12.8. The zero-order valence-electron chi connectivity index (χ0n) is 8.67. The fourth-order valence-corrected chi connectivity index (χ4v) is 1.86. The summed E-state index contributed by atoms with van der Waals surface area (Å²) in [6.45, 7) is 0. The van der Waals surface area contributed by atoms with E-state index in [9.17, 15) is 12.3 Å². The van der Waals surface area contributed by atoms with Crippen molar-refractivity contribution >= 4 is 15.9 Å². The Balaban J connectivity index is 2.54. The van der Waals surface area contributed by atoms with Gasteiger partial charge in [-0.2, -0.15) is 8.42 Å². The van der Waals surface area contributed by atoms with Crippen molar-refractivity contribution in [3.63, 3.8) is 0 Å². The molecule has 6 heteroatoms. The van der Waals surface area contributed by atoms with E-state index in [1.807, 2.05) is 0 Å². The number of nitrogens with zero attached hydrogens (tertiary/aromatic N) is 1. The smallest absolute Gasteiger partial charge is 0.349 e. The first-order chi connectivity index (χ1) is 7.97. The van der Waals surface area contributed by atoms with E-state index in [0.717, 1.165) is 6.07 Å². The molecule has 1 aromatic heterocycles. The Morgan fingerprint density at radius 2 is 1.82 bits per heavy atom. The second-order valence-corrected chi connectivity index (χ2v) is 4.72. The SMILES string of the molecule is Nc1cccc(-c2cccc(S(=O)(=O)F)n2)c1. The molecule has 0 fully saturated rings. The van der Waals surface area contributed by atoms with E-state index in [1.165, 1.54) is 6.07 Å². The molecule has 0 saturated carbocycles. The molecule has 2 aromatic rings. The normalized spacial score (nSPS) is 11.4. The molecule has 0 bridgehead atoms. The highest BCUT2D eigenvalue weighted by Crippen LogP contribution is 2.21. The first-order valence-corrected chi connectivity index (χ1v) is 6.13. The number of pyridine rings is 1. The molecule has 0 atom stereocenters. The Morgan fingerprint density at radius 1 is 1.12 bits per heavy atom. The average molecular weight is 252 g/mol. The van der Waals surface area contributed by atoms with E-state index in [4.69, 9.17) is 5.73 Å². The number of anilines is 1. The van der Waals surface area contributed by atoms with Crippen LogP contribution in [0.3, 0.4) is 0 Å². The van der Waals surface area contributed by atoms with E-state index in [-0.39, 0.29) is 0 Å². The van der Waals surface area contributed by atoms with E-state index < -0.39 is 15.2 Å². The average Bonchev–Trinajstić information content (AvgIpc) is 2.28. The first kappa shape index (κ1) is 11.5. The number of nitrogen functional groups attached to an aromatic ring is 1. The molecular formula is C11H9FN2O2S. The molecule has 2 rings (SSSR count). The topological polar surface area (TPSA) is 73.1 Å². The van der Waals surface area contributed by atoms with Gasteiger partial charge in [0.05, 0.1) is 5.69 Å². The zero-order chi connectivity index (χ0) is 12.5. The van der Waals surface area contributed by atoms with Gasteiger partial charge in [0.15, 0.2) is 5.03 Å². The first-order valence-electron chi connectivity index (χ1n) is 4.74. The van der Waals surface area contributed by atoms with Gasteiger partial charge in [-0.3, -0.25) is 0 Å². The molecule has 0 spiro atoms. The Bertz CT molecular complexity index is 656. The van der Waals surface area contributed by atoms with Gasteiger partial charge in [0.1, 0.15) is 0 Å². The maximum Gasteiger partial charge on any atom is 0.349 e. The van der Waals surface area contributed by atoms with Gasteiger partial charge in [0.25, 0.3) is 0 Å². The third-order valence-electron chi connectivity index (χ3n) is 2.16. The van der Waals surface area contributed by atoms with Crippen molar-refractivity contribution < 1.29 is 12.3 Å². The van der Waals surface area contributed by atoms with Crippen molar-refractivity contribution in [2.75, 3.05) is 5.73 Å². The van der Waals surface area contributed by atoms with Gasteiger partial charge in [0.2, 0.25) is 0 Å². The lowest BCUT2D eigenvalue weighted by Crippen LogP contribution is -1.97. The number of rotatable bonds is 2. The standard InChI is InChI=1S/C11H9FN2O2S/c12-17(15,16)11-6-2-5-10(14-11)8-3-1-4-9(13)7-8/h1-7H,13H2. The second-order valence-electron chi connectivity index (χ2n) is 3.42. The van der Waals surface area contributed by atoms with Crippen LogP contribution >= 0.6 is 0 Å². The highest BCUT2D eigenvalue weighted by molar-refractivity contribution is 7.86. The molecule has 1 aromatic carbocycles. The van der Waals surface area contributed by atoms with Crippen molar-refractivity contribution in [1.82, 2.24) is 4.98 Å². The Labute approximate surface area is 98.1 Å². The van der Waals surface area contributed by atoms with Crippen LogP contribution in [-0.4, -0.2) is 13.4 Å². The van der Waals surface area contributed by atoms with Crippen molar-refractivity contribution in [3.8, 4) is 11.3 Å². The van der Waals surface area contributed by atoms with Gasteiger partial charge >= 0.3 is 10.2 Å². The van der Waals surface area contributed by atoms with Crippen LogP contribution in [0.5, 0.6) is 0 Å². The summed E-state index contributed by atoms with van der Waals surface area (Å²) in [5, 5.41) is -0.600. The minimum atomic E-state index is -4.79. The monoisotopic (exact) mass is 252 g/mol. The summed E-state index contributed by atoms with van der Waals surface area (Å²) in [4.78, 5) is 3.74. The number of benzene rings is 1. The fraction of sp³-hybridized carbons (Fsp3) is 0. The van der Waals surface area contributed by atoms with Crippen LogP contribution in [0.2, 0.25) is 0 Å².